The van der Waals surface area contributed by atoms with Gasteiger partial charge in [-0.3, -0.25) is 4.90 Å². The van der Waals surface area contributed by atoms with Crippen LogP contribution in [0.25, 0.3) is 0 Å². The Kier molecular flexibility index (Phi) is 7.18. The molecule has 8 rings (SSSR count). The lowest BCUT2D eigenvalue weighted by molar-refractivity contribution is -0.577. The summed E-state index contributed by atoms with van der Waals surface area (Å²) in [4.78, 5) is 17.2. The fraction of sp³-hybridized carbons (Fsp3) is 0.636. The van der Waals surface area contributed by atoms with Gasteiger partial charge in [0, 0.05) is 56.7 Å². The summed E-state index contributed by atoms with van der Waals surface area (Å²) < 4.78 is 19.5. The van der Waals surface area contributed by atoms with Crippen molar-refractivity contribution in [3.05, 3.63) is 65.7 Å². The lowest BCUT2D eigenvalue weighted by Crippen LogP contribution is -2.70. The zero-order valence-corrected chi connectivity index (χ0v) is 24.2. The maximum atomic E-state index is 6.58. The predicted molar refractivity (Wildman–Crippen MR) is 152 cm³/mol. The SMILES string of the molecule is C[C@H]1[C@@H](OCc2ccc(CN3CCN(c4ccccc4)CC3)cc2)O[C@@H]2O[C@]3(C)CC[C@H]4[C@H](C)CC[C@@H]1[C@@]24OO3. The fourth-order valence-electron chi connectivity index (χ4n) is 8.04. The number of hydrogen-bond acceptors (Lipinski definition) is 7. The van der Waals surface area contributed by atoms with Crippen molar-refractivity contribution < 1.29 is 24.0 Å². The molecule has 5 saturated heterocycles. The number of hydrogen-bond donors (Lipinski definition) is 0. The summed E-state index contributed by atoms with van der Waals surface area (Å²) in [5, 5.41) is 0. The average Bonchev–Trinajstić information content (AvgIpc) is 3.21. The molecule has 8 atom stereocenters. The Labute approximate surface area is 238 Å². The van der Waals surface area contributed by atoms with Crippen LogP contribution in [0.3, 0.4) is 0 Å². The van der Waals surface area contributed by atoms with Gasteiger partial charge in [-0.2, -0.15) is 0 Å². The van der Waals surface area contributed by atoms with E-state index in [4.69, 9.17) is 24.0 Å². The zero-order valence-electron chi connectivity index (χ0n) is 24.2. The molecule has 2 bridgehead atoms. The van der Waals surface area contributed by atoms with Crippen molar-refractivity contribution in [2.24, 2.45) is 23.7 Å². The summed E-state index contributed by atoms with van der Waals surface area (Å²) in [6.07, 6.45) is 3.35. The summed E-state index contributed by atoms with van der Waals surface area (Å²) in [6, 6.07) is 19.6. The summed E-state index contributed by atoms with van der Waals surface area (Å²) in [6.45, 7) is 12.4. The average molecular weight is 549 g/mol. The molecule has 1 saturated carbocycles. The van der Waals surface area contributed by atoms with Gasteiger partial charge in [0.25, 0.3) is 0 Å². The number of rotatable bonds is 6. The number of fused-ring (bicyclic) bond motifs is 2. The quantitative estimate of drug-likeness (QED) is 0.427. The molecule has 40 heavy (non-hydrogen) atoms. The molecule has 2 aromatic carbocycles. The Morgan fingerprint density at radius 2 is 1.60 bits per heavy atom. The minimum atomic E-state index is -0.757. The highest BCUT2D eigenvalue weighted by Crippen LogP contribution is 2.60. The lowest BCUT2D eigenvalue weighted by atomic mass is 9.58. The Balaban J connectivity index is 0.957. The van der Waals surface area contributed by atoms with E-state index >= 15 is 0 Å². The van der Waals surface area contributed by atoms with Crippen molar-refractivity contribution in [1.82, 2.24) is 4.90 Å². The van der Waals surface area contributed by atoms with Crippen LogP contribution in [0, 0.1) is 23.7 Å². The second-order valence-corrected chi connectivity index (χ2v) is 13.0. The van der Waals surface area contributed by atoms with E-state index in [1.807, 2.05) is 6.92 Å². The van der Waals surface area contributed by atoms with Crippen LogP contribution < -0.4 is 4.90 Å². The van der Waals surface area contributed by atoms with Gasteiger partial charge in [-0.25, -0.2) is 9.78 Å². The molecule has 5 heterocycles. The third-order valence-electron chi connectivity index (χ3n) is 10.4. The highest BCUT2D eigenvalue weighted by molar-refractivity contribution is 5.46. The highest BCUT2D eigenvalue weighted by atomic mass is 17.3. The molecule has 0 amide bonds. The first-order valence-corrected chi connectivity index (χ1v) is 15.4. The molecule has 6 aliphatic rings. The molecule has 0 N–H and O–H groups in total. The predicted octanol–water partition coefficient (Wildman–Crippen LogP) is 5.73. The van der Waals surface area contributed by atoms with E-state index in [1.165, 1.54) is 23.2 Å². The van der Waals surface area contributed by atoms with E-state index in [9.17, 15) is 0 Å². The first-order valence-electron chi connectivity index (χ1n) is 15.4. The van der Waals surface area contributed by atoms with E-state index in [-0.39, 0.29) is 18.1 Å². The summed E-state index contributed by atoms with van der Waals surface area (Å²) in [5.41, 5.74) is 3.29. The third kappa shape index (κ3) is 4.79. The molecule has 0 aromatic heterocycles. The zero-order chi connectivity index (χ0) is 27.3. The van der Waals surface area contributed by atoms with E-state index in [2.05, 4.69) is 78.2 Å². The number of ether oxygens (including phenoxy) is 3. The minimum Gasteiger partial charge on any atom is -0.369 e. The standard InChI is InChI=1S/C33H44N2O5/c1-23-9-14-29-24(2)30(37-31-33(29)28(23)15-16-32(3,38-31)39-40-33)36-22-26-12-10-25(11-13-26)21-34-17-19-35(20-18-34)27-7-5-4-6-8-27/h4-8,10-13,23-24,28-31H,9,14-22H2,1-3H3/t23-,24-,28+,29+,30+,31-,32+,33-/m1/s1. The van der Waals surface area contributed by atoms with Crippen molar-refractivity contribution in [1.29, 1.82) is 0 Å². The van der Waals surface area contributed by atoms with Crippen LogP contribution in [0.15, 0.2) is 54.6 Å². The Bertz CT molecular complexity index is 1160. The van der Waals surface area contributed by atoms with Crippen molar-refractivity contribution in [2.45, 2.75) is 83.6 Å². The van der Waals surface area contributed by atoms with Crippen molar-refractivity contribution in [3.63, 3.8) is 0 Å². The number of piperazine rings is 1. The van der Waals surface area contributed by atoms with E-state index in [1.54, 1.807) is 0 Å². The summed E-state index contributed by atoms with van der Waals surface area (Å²) in [7, 11) is 0. The Hall–Kier alpha value is -2.00. The molecule has 216 valence electrons. The van der Waals surface area contributed by atoms with Gasteiger partial charge in [0.15, 0.2) is 18.2 Å². The van der Waals surface area contributed by atoms with Crippen LogP contribution >= 0.6 is 0 Å². The molecule has 7 heteroatoms. The van der Waals surface area contributed by atoms with Crippen molar-refractivity contribution in [3.8, 4) is 0 Å². The van der Waals surface area contributed by atoms with E-state index < -0.39 is 17.7 Å². The van der Waals surface area contributed by atoms with Gasteiger partial charge in [-0.1, -0.05) is 56.3 Å². The van der Waals surface area contributed by atoms with Gasteiger partial charge >= 0.3 is 0 Å². The maximum Gasteiger partial charge on any atom is 0.201 e. The fourth-order valence-corrected chi connectivity index (χ4v) is 8.04. The van der Waals surface area contributed by atoms with Crippen LogP contribution in [-0.2, 0) is 37.1 Å². The van der Waals surface area contributed by atoms with Gasteiger partial charge in [0.05, 0.1) is 6.61 Å². The maximum absolute atomic E-state index is 6.58. The molecule has 7 nitrogen and oxygen atoms in total. The Morgan fingerprint density at radius 3 is 2.38 bits per heavy atom. The highest BCUT2D eigenvalue weighted by Gasteiger charge is 2.69. The molecular weight excluding hydrogens is 504 g/mol. The van der Waals surface area contributed by atoms with Crippen LogP contribution in [0.1, 0.15) is 57.6 Å². The van der Waals surface area contributed by atoms with Crippen LogP contribution in [-0.4, -0.2) is 55.0 Å². The molecule has 1 aliphatic carbocycles. The van der Waals surface area contributed by atoms with Crippen molar-refractivity contribution in [2.75, 3.05) is 31.1 Å². The molecule has 0 radical (unpaired) electrons. The smallest absolute Gasteiger partial charge is 0.201 e. The lowest BCUT2D eigenvalue weighted by Gasteiger charge is -2.60. The molecule has 2 aromatic rings. The molecule has 6 fully saturated rings. The monoisotopic (exact) mass is 548 g/mol. The van der Waals surface area contributed by atoms with Crippen LogP contribution in [0.2, 0.25) is 0 Å². The third-order valence-corrected chi connectivity index (χ3v) is 10.4. The van der Waals surface area contributed by atoms with Gasteiger partial charge in [-0.15, -0.1) is 0 Å². The van der Waals surface area contributed by atoms with Gasteiger partial charge < -0.3 is 19.1 Å². The topological polar surface area (TPSA) is 52.6 Å². The number of benzene rings is 2. The van der Waals surface area contributed by atoms with Gasteiger partial charge in [-0.05, 0) is 61.3 Å². The van der Waals surface area contributed by atoms with Gasteiger partial charge in [0.1, 0.15) is 0 Å². The summed E-state index contributed by atoms with van der Waals surface area (Å²) >= 11 is 0. The minimum absolute atomic E-state index is 0.190. The first-order chi connectivity index (χ1) is 19.4. The summed E-state index contributed by atoms with van der Waals surface area (Å²) in [5.74, 6) is 0.649. The number of nitrogens with zero attached hydrogens (tertiary/aromatic N) is 2. The normalized spacial score (nSPS) is 39.5. The van der Waals surface area contributed by atoms with E-state index in [0.717, 1.165) is 52.0 Å². The second kappa shape index (κ2) is 10.7. The molecule has 5 aliphatic heterocycles. The van der Waals surface area contributed by atoms with Gasteiger partial charge in [0.2, 0.25) is 5.79 Å². The van der Waals surface area contributed by atoms with Crippen LogP contribution in [0.5, 0.6) is 0 Å². The van der Waals surface area contributed by atoms with Crippen LogP contribution in [0.4, 0.5) is 5.69 Å². The second-order valence-electron chi connectivity index (χ2n) is 13.0. The van der Waals surface area contributed by atoms with Crippen molar-refractivity contribution >= 4 is 5.69 Å². The number of anilines is 1. The molecule has 0 unspecified atom stereocenters. The first kappa shape index (κ1) is 26.9. The number of para-hydroxylation sites is 1. The molecular formula is C33H44N2O5. The largest absolute Gasteiger partial charge is 0.369 e. The molecule has 1 spiro atoms. The van der Waals surface area contributed by atoms with E-state index in [0.29, 0.717) is 18.4 Å². The Morgan fingerprint density at radius 1 is 0.850 bits per heavy atom.